The Bertz CT molecular complexity index is 947. The van der Waals surface area contributed by atoms with Gasteiger partial charge in [-0.3, -0.25) is 4.79 Å². The van der Waals surface area contributed by atoms with Crippen LogP contribution >= 0.6 is 0 Å². The summed E-state index contributed by atoms with van der Waals surface area (Å²) in [6, 6.07) is 11.7. The fourth-order valence-corrected chi connectivity index (χ4v) is 5.17. The number of fused-ring (bicyclic) bond motifs is 3. The van der Waals surface area contributed by atoms with E-state index in [1.54, 1.807) is 0 Å². The summed E-state index contributed by atoms with van der Waals surface area (Å²) in [6.07, 6.45) is 6.66. The van der Waals surface area contributed by atoms with Crippen molar-refractivity contribution in [1.82, 2.24) is 9.80 Å². The lowest BCUT2D eigenvalue weighted by Crippen LogP contribution is -2.27. The smallest absolute Gasteiger partial charge is 0.194 e. The molecule has 2 aromatic rings. The highest BCUT2D eigenvalue weighted by molar-refractivity contribution is 6.22. The lowest BCUT2D eigenvalue weighted by Gasteiger charge is -2.21. The number of benzene rings is 2. The molecule has 0 bridgehead atoms. The van der Waals surface area contributed by atoms with Gasteiger partial charge in [0, 0.05) is 29.8 Å². The van der Waals surface area contributed by atoms with E-state index in [0.29, 0.717) is 18.8 Å². The summed E-state index contributed by atoms with van der Waals surface area (Å²) < 4.78 is 12.3. The lowest BCUT2D eigenvalue weighted by molar-refractivity contribution is 0.104. The van der Waals surface area contributed by atoms with Crippen LogP contribution in [0, 0.1) is 0 Å². The van der Waals surface area contributed by atoms with Gasteiger partial charge in [-0.1, -0.05) is 39.8 Å². The van der Waals surface area contributed by atoms with E-state index in [-0.39, 0.29) is 5.78 Å². The monoisotopic (exact) mass is 494 g/mol. The van der Waals surface area contributed by atoms with E-state index in [2.05, 4.69) is 37.5 Å². The number of hydrogen-bond acceptors (Lipinski definition) is 5. The van der Waals surface area contributed by atoms with Gasteiger partial charge in [-0.2, -0.15) is 0 Å². The van der Waals surface area contributed by atoms with Crippen molar-refractivity contribution in [2.45, 2.75) is 66.2 Å². The average molecular weight is 495 g/mol. The van der Waals surface area contributed by atoms with Gasteiger partial charge >= 0.3 is 0 Å². The standard InChI is InChI=1S/C31H46N2O3/c1-5-16-32(17-6-2)20-10-22-35-25-14-15-26-28(24-25)31(34)27-12-9-13-29(30(26)27)36-23-11-21-33(18-7-3)19-8-4/h9,12-15,24H,5-8,10-11,16-23H2,1-4H3. The highest BCUT2D eigenvalue weighted by atomic mass is 16.5. The first-order chi connectivity index (χ1) is 17.6. The van der Waals surface area contributed by atoms with Crippen LogP contribution in [0.3, 0.4) is 0 Å². The molecule has 36 heavy (non-hydrogen) atoms. The van der Waals surface area contributed by atoms with Crippen LogP contribution in [0.1, 0.15) is 82.1 Å². The van der Waals surface area contributed by atoms with Crippen molar-refractivity contribution in [1.29, 1.82) is 0 Å². The first-order valence-corrected chi connectivity index (χ1v) is 14.1. The van der Waals surface area contributed by atoms with E-state index in [1.165, 1.54) is 25.7 Å². The SMILES string of the molecule is CCCN(CCC)CCCOc1ccc2c(c1)C(=O)c1cccc(OCCCN(CCC)CCC)c1-2. The van der Waals surface area contributed by atoms with Gasteiger partial charge in [-0.15, -0.1) is 0 Å². The maximum Gasteiger partial charge on any atom is 0.194 e. The second-order valence-corrected chi connectivity index (χ2v) is 9.80. The van der Waals surface area contributed by atoms with E-state index in [0.717, 1.165) is 80.3 Å². The van der Waals surface area contributed by atoms with Gasteiger partial charge in [0.25, 0.3) is 0 Å². The zero-order chi connectivity index (χ0) is 25.8. The molecule has 0 aromatic heterocycles. The normalized spacial score (nSPS) is 12.3. The van der Waals surface area contributed by atoms with E-state index < -0.39 is 0 Å². The second-order valence-electron chi connectivity index (χ2n) is 9.80. The summed E-state index contributed by atoms with van der Waals surface area (Å²) in [6.45, 7) is 16.9. The molecule has 0 heterocycles. The van der Waals surface area contributed by atoms with E-state index in [1.807, 2.05) is 36.4 Å². The molecule has 198 valence electrons. The van der Waals surface area contributed by atoms with Crippen LogP contribution in [0.5, 0.6) is 11.5 Å². The lowest BCUT2D eigenvalue weighted by atomic mass is 10.0. The van der Waals surface area contributed by atoms with Crippen molar-refractivity contribution in [3.63, 3.8) is 0 Å². The molecule has 0 unspecified atom stereocenters. The van der Waals surface area contributed by atoms with Crippen LogP contribution in [0.4, 0.5) is 0 Å². The minimum Gasteiger partial charge on any atom is -0.494 e. The van der Waals surface area contributed by atoms with Crippen molar-refractivity contribution < 1.29 is 14.3 Å². The fraction of sp³-hybridized carbons (Fsp3) is 0.581. The summed E-state index contributed by atoms with van der Waals surface area (Å²) >= 11 is 0. The number of hydrogen-bond donors (Lipinski definition) is 0. The summed E-state index contributed by atoms with van der Waals surface area (Å²) in [7, 11) is 0. The molecule has 0 aliphatic heterocycles. The minimum atomic E-state index is 0.0602. The van der Waals surface area contributed by atoms with Crippen molar-refractivity contribution >= 4 is 5.78 Å². The molecule has 0 atom stereocenters. The Morgan fingerprint density at radius 2 is 1.22 bits per heavy atom. The molecule has 1 aliphatic rings. The molecule has 0 spiro atoms. The van der Waals surface area contributed by atoms with Crippen molar-refractivity contribution in [2.75, 3.05) is 52.5 Å². The number of nitrogens with zero attached hydrogens (tertiary/aromatic N) is 2. The predicted molar refractivity (Wildman–Crippen MR) is 150 cm³/mol. The van der Waals surface area contributed by atoms with E-state index in [9.17, 15) is 4.79 Å². The van der Waals surface area contributed by atoms with Crippen LogP contribution in [0.15, 0.2) is 36.4 Å². The van der Waals surface area contributed by atoms with Crippen LogP contribution in [-0.2, 0) is 0 Å². The number of rotatable bonds is 18. The molecule has 0 fully saturated rings. The van der Waals surface area contributed by atoms with Crippen LogP contribution in [0.2, 0.25) is 0 Å². The highest BCUT2D eigenvalue weighted by Gasteiger charge is 2.30. The Labute approximate surface area is 218 Å². The molecule has 0 radical (unpaired) electrons. The number of ketones is 1. The predicted octanol–water partition coefficient (Wildman–Crippen LogP) is 6.68. The zero-order valence-corrected chi connectivity index (χ0v) is 23.0. The highest BCUT2D eigenvalue weighted by Crippen LogP contribution is 2.43. The number of carbonyl (C=O) groups is 1. The van der Waals surface area contributed by atoms with Crippen LogP contribution < -0.4 is 9.47 Å². The third kappa shape index (κ3) is 7.57. The molecular formula is C31H46N2O3. The Balaban J connectivity index is 1.59. The van der Waals surface area contributed by atoms with Gasteiger partial charge in [0.2, 0.25) is 0 Å². The Morgan fingerprint density at radius 3 is 1.81 bits per heavy atom. The molecule has 0 saturated carbocycles. The summed E-state index contributed by atoms with van der Waals surface area (Å²) in [4.78, 5) is 18.2. The van der Waals surface area contributed by atoms with E-state index >= 15 is 0 Å². The van der Waals surface area contributed by atoms with Gasteiger partial charge in [0.05, 0.1) is 13.2 Å². The quantitative estimate of drug-likeness (QED) is 0.185. The van der Waals surface area contributed by atoms with Gasteiger partial charge in [0.1, 0.15) is 11.5 Å². The molecule has 0 N–H and O–H groups in total. The third-order valence-electron chi connectivity index (χ3n) is 6.70. The molecule has 5 heteroatoms. The number of carbonyl (C=O) groups excluding carboxylic acids is 1. The maximum absolute atomic E-state index is 13.2. The van der Waals surface area contributed by atoms with Crippen LogP contribution in [0.25, 0.3) is 11.1 Å². The van der Waals surface area contributed by atoms with Crippen molar-refractivity contribution in [3.8, 4) is 22.6 Å². The second kappa shape index (κ2) is 15.0. The van der Waals surface area contributed by atoms with Crippen molar-refractivity contribution in [3.05, 3.63) is 47.5 Å². The Kier molecular flexibility index (Phi) is 11.8. The average Bonchev–Trinajstić information content (AvgIpc) is 3.17. The van der Waals surface area contributed by atoms with Gasteiger partial charge in [-0.25, -0.2) is 0 Å². The van der Waals surface area contributed by atoms with Crippen molar-refractivity contribution in [2.24, 2.45) is 0 Å². The van der Waals surface area contributed by atoms with Gasteiger partial charge < -0.3 is 19.3 Å². The van der Waals surface area contributed by atoms with Gasteiger partial charge in [-0.05, 0) is 94.5 Å². The number of ether oxygens (including phenoxy) is 2. The summed E-state index contributed by atoms with van der Waals surface area (Å²) in [5, 5.41) is 0. The zero-order valence-electron chi connectivity index (χ0n) is 23.0. The van der Waals surface area contributed by atoms with E-state index in [4.69, 9.17) is 9.47 Å². The molecule has 0 saturated heterocycles. The molecular weight excluding hydrogens is 448 g/mol. The first kappa shape index (κ1) is 28.2. The Morgan fingerprint density at radius 1 is 0.639 bits per heavy atom. The molecule has 2 aromatic carbocycles. The largest absolute Gasteiger partial charge is 0.494 e. The first-order valence-electron chi connectivity index (χ1n) is 14.1. The van der Waals surface area contributed by atoms with Gasteiger partial charge in [0.15, 0.2) is 5.78 Å². The molecule has 1 aliphatic carbocycles. The summed E-state index contributed by atoms with van der Waals surface area (Å²) in [5.41, 5.74) is 3.33. The summed E-state index contributed by atoms with van der Waals surface area (Å²) in [5.74, 6) is 1.63. The molecule has 3 rings (SSSR count). The fourth-order valence-electron chi connectivity index (χ4n) is 5.17. The molecule has 0 amide bonds. The maximum atomic E-state index is 13.2. The Hall–Kier alpha value is -2.37. The topological polar surface area (TPSA) is 42.0 Å². The minimum absolute atomic E-state index is 0.0602. The van der Waals surface area contributed by atoms with Crippen LogP contribution in [-0.4, -0.2) is 68.1 Å². The third-order valence-corrected chi connectivity index (χ3v) is 6.70. The molecule has 5 nitrogen and oxygen atoms in total.